The molecule has 1 unspecified atom stereocenters. The Morgan fingerprint density at radius 2 is 2.60 bits per heavy atom. The second-order valence-corrected chi connectivity index (χ2v) is 9.34. The third kappa shape index (κ3) is 2.96. The minimum absolute atomic E-state index is 0.181. The molecule has 10 heavy (non-hydrogen) atoms. The average Bonchev–Trinajstić information content (AvgIpc) is 2.03. The molecular formula is C6H16O2Si2. The lowest BCUT2D eigenvalue weighted by molar-refractivity contribution is 0.289. The van der Waals surface area contributed by atoms with Crippen LogP contribution in [0.2, 0.25) is 6.04 Å². The van der Waals surface area contributed by atoms with E-state index in [4.69, 9.17) is 8.85 Å². The first-order valence-corrected chi connectivity index (χ1v) is 9.26. The van der Waals surface area contributed by atoms with Gasteiger partial charge in [0.1, 0.15) is 0 Å². The second-order valence-electron chi connectivity index (χ2n) is 2.71. The van der Waals surface area contributed by atoms with E-state index in [0.29, 0.717) is 0 Å². The van der Waals surface area contributed by atoms with Crippen molar-refractivity contribution >= 4 is 17.8 Å². The van der Waals surface area contributed by atoms with Crippen LogP contribution >= 0.6 is 0 Å². The predicted molar refractivity (Wildman–Crippen MR) is 47.3 cm³/mol. The summed E-state index contributed by atoms with van der Waals surface area (Å²) < 4.78 is 11.2. The van der Waals surface area contributed by atoms with E-state index in [9.17, 15) is 0 Å². The van der Waals surface area contributed by atoms with Gasteiger partial charge in [-0.05, 0) is 18.9 Å². The van der Waals surface area contributed by atoms with Crippen LogP contribution in [0.1, 0.15) is 19.8 Å². The van der Waals surface area contributed by atoms with Gasteiger partial charge in [0.25, 0.3) is 0 Å². The van der Waals surface area contributed by atoms with Gasteiger partial charge >= 0.3 is 0 Å². The van der Waals surface area contributed by atoms with Crippen LogP contribution in [0.15, 0.2) is 0 Å². The summed E-state index contributed by atoms with van der Waals surface area (Å²) in [6, 6.07) is 1.38. The fraction of sp³-hybridized carbons (Fsp3) is 1.00. The van der Waals surface area contributed by atoms with Crippen molar-refractivity contribution in [3.63, 3.8) is 0 Å². The van der Waals surface area contributed by atoms with Crippen molar-refractivity contribution in [2.45, 2.75) is 25.8 Å². The molecule has 0 amide bonds. The molecule has 2 nitrogen and oxygen atoms in total. The molecule has 1 fully saturated rings. The second kappa shape index (κ2) is 5.06. The van der Waals surface area contributed by atoms with Gasteiger partial charge in [-0.25, -0.2) is 0 Å². The first kappa shape index (κ1) is 8.45. The van der Waals surface area contributed by atoms with Gasteiger partial charge in [0.15, 0.2) is 17.8 Å². The van der Waals surface area contributed by atoms with Gasteiger partial charge in [-0.1, -0.05) is 6.92 Å². The Balaban J connectivity index is 2.02. The van der Waals surface area contributed by atoms with E-state index in [1.54, 1.807) is 0 Å². The summed E-state index contributed by atoms with van der Waals surface area (Å²) in [5, 5.41) is 0. The van der Waals surface area contributed by atoms with E-state index in [2.05, 4.69) is 6.92 Å². The zero-order chi connectivity index (χ0) is 7.23. The van der Waals surface area contributed by atoms with E-state index >= 15 is 0 Å². The molecule has 1 atom stereocenters. The van der Waals surface area contributed by atoms with Crippen LogP contribution in [0.4, 0.5) is 0 Å². The standard InChI is InChI=1S/C6H16O2Si2/c1-2-4-8-10-6-3-5-7-9-10/h10H,2-6,9H2,1H3. The molecular weight excluding hydrogens is 160 g/mol. The van der Waals surface area contributed by atoms with Gasteiger partial charge in [0.05, 0.1) is 0 Å². The highest BCUT2D eigenvalue weighted by atomic mass is 29.2. The minimum Gasteiger partial charge on any atom is -0.425 e. The molecule has 0 saturated carbocycles. The molecule has 1 rings (SSSR count). The van der Waals surface area contributed by atoms with E-state index in [0.717, 1.165) is 19.6 Å². The highest BCUT2D eigenvalue weighted by Crippen LogP contribution is 2.05. The molecule has 0 aliphatic carbocycles. The zero-order valence-corrected chi connectivity index (χ0v) is 9.21. The van der Waals surface area contributed by atoms with Gasteiger partial charge in [-0.2, -0.15) is 0 Å². The van der Waals surface area contributed by atoms with E-state index in [1.165, 1.54) is 12.5 Å². The van der Waals surface area contributed by atoms with Gasteiger partial charge < -0.3 is 8.85 Å². The quantitative estimate of drug-likeness (QED) is 0.570. The summed E-state index contributed by atoms with van der Waals surface area (Å²) in [7, 11) is -0.908. The molecule has 1 saturated heterocycles. The van der Waals surface area contributed by atoms with Crippen molar-refractivity contribution in [2.75, 3.05) is 13.2 Å². The van der Waals surface area contributed by atoms with Crippen LogP contribution in [0.25, 0.3) is 0 Å². The normalized spacial score (nSPS) is 29.1. The Morgan fingerprint density at radius 3 is 3.20 bits per heavy atom. The van der Waals surface area contributed by atoms with E-state index < -0.39 is 8.56 Å². The van der Waals surface area contributed by atoms with Gasteiger partial charge in [0, 0.05) is 13.2 Å². The summed E-state index contributed by atoms with van der Waals surface area (Å²) in [4.78, 5) is 0. The van der Waals surface area contributed by atoms with Crippen molar-refractivity contribution in [3.8, 4) is 0 Å². The van der Waals surface area contributed by atoms with E-state index in [1.807, 2.05) is 0 Å². The minimum atomic E-state index is -0.727. The van der Waals surface area contributed by atoms with Gasteiger partial charge in [-0.3, -0.25) is 0 Å². The van der Waals surface area contributed by atoms with Crippen molar-refractivity contribution in [2.24, 2.45) is 0 Å². The molecule has 0 aromatic heterocycles. The number of hydrogen-bond acceptors (Lipinski definition) is 2. The first-order valence-electron chi connectivity index (χ1n) is 4.13. The molecule has 1 heterocycles. The fourth-order valence-electron chi connectivity index (χ4n) is 1.13. The third-order valence-electron chi connectivity index (χ3n) is 1.68. The molecule has 1 aliphatic heterocycles. The van der Waals surface area contributed by atoms with Crippen molar-refractivity contribution in [1.82, 2.24) is 0 Å². The maximum atomic E-state index is 5.71. The topological polar surface area (TPSA) is 18.5 Å². The number of rotatable bonds is 3. The fourth-order valence-corrected chi connectivity index (χ4v) is 6.82. The number of hydrogen-bond donors (Lipinski definition) is 0. The summed E-state index contributed by atoms with van der Waals surface area (Å²) >= 11 is 0. The largest absolute Gasteiger partial charge is 0.425 e. The molecule has 60 valence electrons. The molecule has 0 spiro atoms. The Kier molecular flexibility index (Phi) is 4.28. The lowest BCUT2D eigenvalue weighted by Crippen LogP contribution is -2.33. The maximum Gasteiger partial charge on any atom is 0.189 e. The molecule has 0 N–H and O–H groups in total. The molecule has 0 radical (unpaired) electrons. The van der Waals surface area contributed by atoms with Crippen LogP contribution in [0, 0.1) is 0 Å². The monoisotopic (exact) mass is 176 g/mol. The predicted octanol–water partition coefficient (Wildman–Crippen LogP) is 0.138. The van der Waals surface area contributed by atoms with Crippen LogP contribution < -0.4 is 0 Å². The highest BCUT2D eigenvalue weighted by molar-refractivity contribution is 7.06. The summed E-state index contributed by atoms with van der Waals surface area (Å²) in [6.07, 6.45) is 2.42. The van der Waals surface area contributed by atoms with Crippen LogP contribution in [-0.4, -0.2) is 31.1 Å². The molecule has 0 bridgehead atoms. The lowest BCUT2D eigenvalue weighted by atomic mass is 10.5. The van der Waals surface area contributed by atoms with Crippen molar-refractivity contribution < 1.29 is 8.85 Å². The van der Waals surface area contributed by atoms with Crippen LogP contribution in [0.3, 0.4) is 0 Å². The SMILES string of the molecule is CCCO[SiH]1CCCO[SiH2]1. The van der Waals surface area contributed by atoms with Gasteiger partial charge in [0.2, 0.25) is 0 Å². The zero-order valence-electron chi connectivity index (χ0n) is 6.64. The Bertz CT molecular complexity index is 83.8. The maximum absolute atomic E-state index is 5.71. The molecule has 0 aromatic rings. The lowest BCUT2D eigenvalue weighted by Gasteiger charge is -2.19. The van der Waals surface area contributed by atoms with Crippen LogP contribution in [0.5, 0.6) is 0 Å². The molecule has 4 heteroatoms. The van der Waals surface area contributed by atoms with E-state index in [-0.39, 0.29) is 9.28 Å². The van der Waals surface area contributed by atoms with Crippen molar-refractivity contribution in [1.29, 1.82) is 0 Å². The van der Waals surface area contributed by atoms with Crippen molar-refractivity contribution in [3.05, 3.63) is 0 Å². The molecule has 1 aliphatic rings. The van der Waals surface area contributed by atoms with Crippen LogP contribution in [-0.2, 0) is 8.85 Å². The highest BCUT2D eigenvalue weighted by Gasteiger charge is 2.16. The molecule has 0 aromatic carbocycles. The Morgan fingerprint density at radius 1 is 1.70 bits per heavy atom. The average molecular weight is 176 g/mol. The summed E-state index contributed by atoms with van der Waals surface area (Å²) in [6.45, 7) is 4.16. The van der Waals surface area contributed by atoms with Gasteiger partial charge in [-0.15, -0.1) is 0 Å². The Hall–Kier alpha value is 0.354. The third-order valence-corrected chi connectivity index (χ3v) is 8.09. The summed E-state index contributed by atoms with van der Waals surface area (Å²) in [5.41, 5.74) is 0. The summed E-state index contributed by atoms with van der Waals surface area (Å²) in [5.74, 6) is 0. The first-order chi connectivity index (χ1) is 4.93. The smallest absolute Gasteiger partial charge is 0.189 e. The Labute approximate surface area is 66.4 Å².